The van der Waals surface area contributed by atoms with Crippen LogP contribution in [0.3, 0.4) is 0 Å². The SMILES string of the molecule is CCOC(=O)c1ccc(Br)c(N)c1OC(F)F. The van der Waals surface area contributed by atoms with E-state index >= 15 is 0 Å². The Bertz CT molecular complexity index is 426. The summed E-state index contributed by atoms with van der Waals surface area (Å²) >= 11 is 3.06. The highest BCUT2D eigenvalue weighted by molar-refractivity contribution is 9.10. The summed E-state index contributed by atoms with van der Waals surface area (Å²) in [5.74, 6) is -1.14. The third-order valence-corrected chi connectivity index (χ3v) is 2.54. The van der Waals surface area contributed by atoms with E-state index in [2.05, 4.69) is 20.7 Å². The fourth-order valence-corrected chi connectivity index (χ4v) is 1.47. The summed E-state index contributed by atoms with van der Waals surface area (Å²) in [5.41, 5.74) is 5.35. The third kappa shape index (κ3) is 3.29. The van der Waals surface area contributed by atoms with Crippen molar-refractivity contribution < 1.29 is 23.0 Å². The second-order valence-corrected chi connectivity index (χ2v) is 3.79. The Morgan fingerprint density at radius 2 is 2.18 bits per heavy atom. The van der Waals surface area contributed by atoms with Gasteiger partial charge in [-0.25, -0.2) is 4.79 Å². The fraction of sp³-hybridized carbons (Fsp3) is 0.300. The van der Waals surface area contributed by atoms with Gasteiger partial charge in [-0.05, 0) is 35.0 Å². The highest BCUT2D eigenvalue weighted by Crippen LogP contribution is 2.34. The molecule has 0 aliphatic heterocycles. The standard InChI is InChI=1S/C10H10BrF2NO3/c1-2-16-9(15)5-3-4-6(11)7(14)8(5)17-10(12)13/h3-4,10H,2,14H2,1H3. The van der Waals surface area contributed by atoms with Crippen LogP contribution in [0.15, 0.2) is 16.6 Å². The van der Waals surface area contributed by atoms with Gasteiger partial charge >= 0.3 is 12.6 Å². The molecule has 1 aromatic rings. The number of carbonyl (C=O) groups is 1. The Hall–Kier alpha value is -1.37. The number of hydrogen-bond acceptors (Lipinski definition) is 4. The van der Waals surface area contributed by atoms with E-state index in [0.717, 1.165) is 0 Å². The number of benzene rings is 1. The first kappa shape index (κ1) is 13.7. The van der Waals surface area contributed by atoms with Crippen molar-refractivity contribution in [2.75, 3.05) is 12.3 Å². The molecule has 7 heteroatoms. The van der Waals surface area contributed by atoms with Crippen molar-refractivity contribution in [1.82, 2.24) is 0 Å². The highest BCUT2D eigenvalue weighted by atomic mass is 79.9. The number of carbonyl (C=O) groups excluding carboxylic acids is 1. The lowest BCUT2D eigenvalue weighted by Crippen LogP contribution is -2.12. The van der Waals surface area contributed by atoms with E-state index in [4.69, 9.17) is 10.5 Å². The summed E-state index contributed by atoms with van der Waals surface area (Å²) in [6.45, 7) is -1.34. The molecule has 1 aromatic carbocycles. The van der Waals surface area contributed by atoms with Crippen molar-refractivity contribution in [3.8, 4) is 5.75 Å². The van der Waals surface area contributed by atoms with E-state index in [-0.39, 0.29) is 23.6 Å². The molecule has 0 heterocycles. The summed E-state index contributed by atoms with van der Waals surface area (Å²) in [4.78, 5) is 11.5. The lowest BCUT2D eigenvalue weighted by Gasteiger charge is -2.13. The summed E-state index contributed by atoms with van der Waals surface area (Å²) in [6, 6.07) is 2.76. The second kappa shape index (κ2) is 5.81. The van der Waals surface area contributed by atoms with Crippen LogP contribution in [0.2, 0.25) is 0 Å². The van der Waals surface area contributed by atoms with Crippen LogP contribution in [0.25, 0.3) is 0 Å². The molecule has 0 aromatic heterocycles. The summed E-state index contributed by atoms with van der Waals surface area (Å²) < 4.78 is 33.7. The van der Waals surface area contributed by atoms with Gasteiger partial charge in [-0.3, -0.25) is 0 Å². The molecule has 94 valence electrons. The number of esters is 1. The number of ether oxygens (including phenoxy) is 2. The lowest BCUT2D eigenvalue weighted by molar-refractivity contribution is -0.0499. The van der Waals surface area contributed by atoms with E-state index in [1.165, 1.54) is 12.1 Å². The molecule has 17 heavy (non-hydrogen) atoms. The monoisotopic (exact) mass is 309 g/mol. The normalized spacial score (nSPS) is 10.4. The van der Waals surface area contributed by atoms with Crippen LogP contribution in [-0.2, 0) is 4.74 Å². The van der Waals surface area contributed by atoms with Crippen LogP contribution >= 0.6 is 15.9 Å². The third-order valence-electron chi connectivity index (χ3n) is 1.85. The van der Waals surface area contributed by atoms with E-state index in [0.29, 0.717) is 4.47 Å². The van der Waals surface area contributed by atoms with Gasteiger partial charge in [-0.15, -0.1) is 0 Å². The predicted octanol–water partition coefficient (Wildman–Crippen LogP) is 2.81. The molecule has 0 bridgehead atoms. The van der Waals surface area contributed by atoms with Crippen molar-refractivity contribution in [1.29, 1.82) is 0 Å². The number of nitrogen functional groups attached to an aromatic ring is 1. The van der Waals surface area contributed by atoms with Crippen molar-refractivity contribution in [2.24, 2.45) is 0 Å². The number of nitrogens with two attached hydrogens (primary N) is 1. The minimum atomic E-state index is -3.07. The number of alkyl halides is 2. The predicted molar refractivity (Wildman–Crippen MR) is 61.1 cm³/mol. The van der Waals surface area contributed by atoms with Gasteiger partial charge in [0, 0.05) is 4.47 Å². The van der Waals surface area contributed by atoms with Crippen LogP contribution < -0.4 is 10.5 Å². The minimum Gasteiger partial charge on any atom is -0.462 e. The molecule has 0 radical (unpaired) electrons. The van der Waals surface area contributed by atoms with Gasteiger partial charge < -0.3 is 15.2 Å². The van der Waals surface area contributed by atoms with Gasteiger partial charge in [0.1, 0.15) is 5.56 Å². The molecular weight excluding hydrogens is 300 g/mol. The average molecular weight is 310 g/mol. The molecule has 4 nitrogen and oxygen atoms in total. The molecule has 0 saturated heterocycles. The van der Waals surface area contributed by atoms with Gasteiger partial charge in [0.2, 0.25) is 0 Å². The number of hydrogen-bond donors (Lipinski definition) is 1. The first-order valence-corrected chi connectivity index (χ1v) is 5.46. The number of halogens is 3. The van der Waals surface area contributed by atoms with Crippen molar-refractivity contribution in [3.05, 3.63) is 22.2 Å². The summed E-state index contributed by atoms with van der Waals surface area (Å²) in [7, 11) is 0. The summed E-state index contributed by atoms with van der Waals surface area (Å²) in [5, 5.41) is 0. The maximum Gasteiger partial charge on any atom is 0.387 e. The van der Waals surface area contributed by atoms with E-state index < -0.39 is 12.6 Å². The van der Waals surface area contributed by atoms with Gasteiger partial charge in [-0.1, -0.05) is 0 Å². The average Bonchev–Trinajstić information content (AvgIpc) is 2.24. The molecule has 0 amide bonds. The van der Waals surface area contributed by atoms with Gasteiger partial charge in [-0.2, -0.15) is 8.78 Å². The Morgan fingerprint density at radius 3 is 2.71 bits per heavy atom. The molecule has 0 saturated carbocycles. The van der Waals surface area contributed by atoms with E-state index in [9.17, 15) is 13.6 Å². The number of rotatable bonds is 4. The van der Waals surface area contributed by atoms with Crippen molar-refractivity contribution in [3.63, 3.8) is 0 Å². The fourth-order valence-electron chi connectivity index (χ4n) is 1.16. The Balaban J connectivity index is 3.19. The Labute approximate surface area is 105 Å². The van der Waals surface area contributed by atoms with E-state index in [1.807, 2.05) is 0 Å². The van der Waals surface area contributed by atoms with Crippen LogP contribution in [0, 0.1) is 0 Å². The molecular formula is C10H10BrF2NO3. The smallest absolute Gasteiger partial charge is 0.387 e. The van der Waals surface area contributed by atoms with Gasteiger partial charge in [0.25, 0.3) is 0 Å². The van der Waals surface area contributed by atoms with Crippen LogP contribution in [0.5, 0.6) is 5.75 Å². The Morgan fingerprint density at radius 1 is 1.53 bits per heavy atom. The van der Waals surface area contributed by atoms with Crippen LogP contribution in [0.4, 0.5) is 14.5 Å². The molecule has 0 spiro atoms. The zero-order valence-electron chi connectivity index (χ0n) is 8.88. The lowest BCUT2D eigenvalue weighted by atomic mass is 10.2. The van der Waals surface area contributed by atoms with E-state index in [1.54, 1.807) is 6.92 Å². The zero-order valence-corrected chi connectivity index (χ0v) is 10.5. The second-order valence-electron chi connectivity index (χ2n) is 2.94. The number of anilines is 1. The highest BCUT2D eigenvalue weighted by Gasteiger charge is 2.21. The quantitative estimate of drug-likeness (QED) is 0.686. The molecule has 0 aliphatic rings. The maximum atomic E-state index is 12.2. The first-order valence-electron chi connectivity index (χ1n) is 4.67. The molecule has 0 atom stereocenters. The van der Waals surface area contributed by atoms with Crippen molar-refractivity contribution in [2.45, 2.75) is 13.5 Å². The first-order chi connectivity index (χ1) is 7.97. The zero-order chi connectivity index (χ0) is 13.0. The largest absolute Gasteiger partial charge is 0.462 e. The Kier molecular flexibility index (Phi) is 4.68. The summed E-state index contributed by atoms with van der Waals surface area (Å²) in [6.07, 6.45) is 0. The van der Waals surface area contributed by atoms with Crippen LogP contribution in [0.1, 0.15) is 17.3 Å². The minimum absolute atomic E-state index is 0.0733. The molecule has 2 N–H and O–H groups in total. The maximum absolute atomic E-state index is 12.2. The molecule has 1 rings (SSSR count). The molecule has 0 fully saturated rings. The topological polar surface area (TPSA) is 61.5 Å². The molecule has 0 unspecified atom stereocenters. The molecule has 0 aliphatic carbocycles. The van der Waals surface area contributed by atoms with Gasteiger partial charge in [0.05, 0.1) is 12.3 Å². The van der Waals surface area contributed by atoms with Crippen molar-refractivity contribution >= 4 is 27.6 Å². The van der Waals surface area contributed by atoms with Gasteiger partial charge in [0.15, 0.2) is 5.75 Å². The van der Waals surface area contributed by atoms with Crippen LogP contribution in [-0.4, -0.2) is 19.2 Å².